The van der Waals surface area contributed by atoms with Crippen molar-refractivity contribution >= 4 is 5.82 Å². The number of nitriles is 1. The number of nitrogens with zero attached hydrogens (tertiary/aromatic N) is 1. The lowest BCUT2D eigenvalue weighted by atomic mass is 9.90. The molecular formula is C22H22N3O2+. The zero-order chi connectivity index (χ0) is 19.4. The van der Waals surface area contributed by atoms with Gasteiger partial charge in [0.2, 0.25) is 0 Å². The molecule has 1 heterocycles. The minimum Gasteiger partial charge on any atom is -0.493 e. The molecular weight excluding hydrogens is 338 g/mol. The van der Waals surface area contributed by atoms with E-state index in [4.69, 9.17) is 15.2 Å². The summed E-state index contributed by atoms with van der Waals surface area (Å²) in [7, 11) is 3.19. The maximum atomic E-state index is 9.76. The summed E-state index contributed by atoms with van der Waals surface area (Å²) in [6, 6.07) is 17.9. The number of hydrogen-bond acceptors (Lipinski definition) is 4. The first-order valence-corrected chi connectivity index (χ1v) is 8.70. The molecule has 0 atom stereocenters. The Morgan fingerprint density at radius 2 is 1.70 bits per heavy atom. The minimum absolute atomic E-state index is 0.346. The highest BCUT2D eigenvalue weighted by Crippen LogP contribution is 2.38. The van der Waals surface area contributed by atoms with Crippen LogP contribution in [0.3, 0.4) is 0 Å². The number of anilines is 1. The maximum absolute atomic E-state index is 9.76. The third kappa shape index (κ3) is 3.30. The second-order valence-corrected chi connectivity index (χ2v) is 6.04. The number of ether oxygens (including phenoxy) is 2. The lowest BCUT2D eigenvalue weighted by Crippen LogP contribution is -2.19. The van der Waals surface area contributed by atoms with E-state index in [1.165, 1.54) is 0 Å². The zero-order valence-corrected chi connectivity index (χ0v) is 15.7. The van der Waals surface area contributed by atoms with E-state index in [0.717, 1.165) is 34.4 Å². The van der Waals surface area contributed by atoms with Crippen molar-refractivity contribution in [3.05, 3.63) is 59.7 Å². The fraction of sp³-hybridized carbons (Fsp3) is 0.182. The van der Waals surface area contributed by atoms with Gasteiger partial charge in [0.1, 0.15) is 17.3 Å². The molecule has 0 saturated heterocycles. The number of methoxy groups -OCH3 is 2. The van der Waals surface area contributed by atoms with Gasteiger partial charge in [0.15, 0.2) is 11.5 Å². The summed E-state index contributed by atoms with van der Waals surface area (Å²) in [6.07, 6.45) is 0.735. The first-order valence-electron chi connectivity index (χ1n) is 8.70. The Bertz CT molecular complexity index is 1010. The number of nitrogens with one attached hydrogen (secondary N) is 1. The summed E-state index contributed by atoms with van der Waals surface area (Å²) < 4.78 is 10.8. The van der Waals surface area contributed by atoms with Gasteiger partial charge in [0, 0.05) is 16.7 Å². The number of aromatic nitrogens is 1. The fourth-order valence-corrected chi connectivity index (χ4v) is 3.31. The summed E-state index contributed by atoms with van der Waals surface area (Å²) in [5, 5.41) is 9.76. The van der Waals surface area contributed by atoms with Crippen LogP contribution in [0.4, 0.5) is 5.82 Å². The number of H-pyrrole nitrogens is 1. The summed E-state index contributed by atoms with van der Waals surface area (Å²) in [5.41, 5.74) is 11.3. The van der Waals surface area contributed by atoms with Crippen molar-refractivity contribution in [2.24, 2.45) is 0 Å². The van der Waals surface area contributed by atoms with Crippen LogP contribution in [-0.4, -0.2) is 14.2 Å². The van der Waals surface area contributed by atoms with Crippen molar-refractivity contribution in [3.63, 3.8) is 0 Å². The summed E-state index contributed by atoms with van der Waals surface area (Å²) >= 11 is 0. The Labute approximate surface area is 159 Å². The van der Waals surface area contributed by atoms with Crippen molar-refractivity contribution in [2.75, 3.05) is 20.0 Å². The average molecular weight is 360 g/mol. The van der Waals surface area contributed by atoms with Crippen LogP contribution < -0.4 is 20.2 Å². The normalized spacial score (nSPS) is 10.3. The molecule has 0 aliphatic heterocycles. The molecule has 0 aliphatic rings. The van der Waals surface area contributed by atoms with Gasteiger partial charge >= 0.3 is 0 Å². The van der Waals surface area contributed by atoms with Crippen LogP contribution in [0, 0.1) is 11.3 Å². The standard InChI is InChI=1S/C22H21N3O2/c1-4-16-20(15-10-11-18(26-2)19(12-15)27-3)17(13-23)22(24)25-21(16)14-8-6-5-7-9-14/h5-12H,4H2,1-3H3,(H2,24,25)/p+1. The van der Waals surface area contributed by atoms with Gasteiger partial charge in [-0.2, -0.15) is 5.26 Å². The van der Waals surface area contributed by atoms with E-state index in [9.17, 15) is 5.26 Å². The van der Waals surface area contributed by atoms with E-state index in [2.05, 4.69) is 18.0 Å². The van der Waals surface area contributed by atoms with Gasteiger partial charge in [0.05, 0.1) is 14.2 Å². The molecule has 0 spiro atoms. The number of nitrogens with two attached hydrogens (primary N) is 1. The van der Waals surface area contributed by atoms with Crippen LogP contribution in [0.25, 0.3) is 22.4 Å². The molecule has 27 heavy (non-hydrogen) atoms. The van der Waals surface area contributed by atoms with Crippen LogP contribution in [0.5, 0.6) is 11.5 Å². The molecule has 2 aromatic carbocycles. The van der Waals surface area contributed by atoms with Crippen LogP contribution in [0.15, 0.2) is 48.5 Å². The van der Waals surface area contributed by atoms with Crippen LogP contribution >= 0.6 is 0 Å². The molecule has 0 saturated carbocycles. The van der Waals surface area contributed by atoms with E-state index in [0.29, 0.717) is 22.9 Å². The molecule has 136 valence electrons. The Hall–Kier alpha value is -3.52. The van der Waals surface area contributed by atoms with Gasteiger partial charge in [-0.1, -0.05) is 43.3 Å². The number of nitrogen functional groups attached to an aromatic ring is 1. The molecule has 3 N–H and O–H groups in total. The largest absolute Gasteiger partial charge is 0.493 e. The second-order valence-electron chi connectivity index (χ2n) is 6.04. The molecule has 5 heteroatoms. The van der Waals surface area contributed by atoms with E-state index in [-0.39, 0.29) is 0 Å². The molecule has 0 amide bonds. The predicted octanol–water partition coefficient (Wildman–Crippen LogP) is 3.87. The molecule has 0 radical (unpaired) electrons. The smallest absolute Gasteiger partial charge is 0.289 e. The van der Waals surface area contributed by atoms with Gasteiger partial charge in [-0.25, -0.2) is 4.98 Å². The zero-order valence-electron chi connectivity index (χ0n) is 15.7. The topological polar surface area (TPSA) is 82.4 Å². The number of pyridine rings is 1. The maximum Gasteiger partial charge on any atom is 0.289 e. The van der Waals surface area contributed by atoms with Crippen molar-refractivity contribution < 1.29 is 14.5 Å². The molecule has 0 fully saturated rings. The average Bonchev–Trinajstić information content (AvgIpc) is 2.72. The molecule has 0 unspecified atom stereocenters. The first-order chi connectivity index (χ1) is 13.1. The molecule has 0 aliphatic carbocycles. The summed E-state index contributed by atoms with van der Waals surface area (Å²) in [4.78, 5) is 3.22. The van der Waals surface area contributed by atoms with Gasteiger partial charge in [-0.15, -0.1) is 0 Å². The Morgan fingerprint density at radius 1 is 1.00 bits per heavy atom. The van der Waals surface area contributed by atoms with Crippen LogP contribution in [0.2, 0.25) is 0 Å². The second kappa shape index (κ2) is 7.79. The minimum atomic E-state index is 0.346. The van der Waals surface area contributed by atoms with E-state index in [1.54, 1.807) is 14.2 Å². The van der Waals surface area contributed by atoms with Gasteiger partial charge < -0.3 is 9.47 Å². The molecule has 1 aromatic heterocycles. The summed E-state index contributed by atoms with van der Waals surface area (Å²) in [6.45, 7) is 2.07. The van der Waals surface area contributed by atoms with Crippen molar-refractivity contribution in [3.8, 4) is 40.0 Å². The monoisotopic (exact) mass is 360 g/mol. The SMILES string of the molecule is CCc1c(-c2ccccc2)[nH+]c(N)c(C#N)c1-c1ccc(OC)c(OC)c1. The van der Waals surface area contributed by atoms with Crippen molar-refractivity contribution in [2.45, 2.75) is 13.3 Å². The molecule has 0 bridgehead atoms. The van der Waals surface area contributed by atoms with Crippen LogP contribution in [0.1, 0.15) is 18.1 Å². The number of hydrogen-bond donors (Lipinski definition) is 1. The molecule has 3 aromatic rings. The highest BCUT2D eigenvalue weighted by atomic mass is 16.5. The first kappa shape index (κ1) is 18.3. The van der Waals surface area contributed by atoms with E-state index >= 15 is 0 Å². The third-order valence-corrected chi connectivity index (χ3v) is 4.58. The fourth-order valence-electron chi connectivity index (χ4n) is 3.31. The van der Waals surface area contributed by atoms with Gasteiger partial charge in [-0.3, -0.25) is 5.73 Å². The van der Waals surface area contributed by atoms with E-state index in [1.807, 2.05) is 48.5 Å². The Morgan fingerprint density at radius 3 is 2.30 bits per heavy atom. The van der Waals surface area contributed by atoms with Crippen molar-refractivity contribution in [1.29, 1.82) is 5.26 Å². The summed E-state index contributed by atoms with van der Waals surface area (Å²) in [5.74, 6) is 1.59. The quantitative estimate of drug-likeness (QED) is 0.749. The third-order valence-electron chi connectivity index (χ3n) is 4.58. The molecule has 5 nitrogen and oxygen atoms in total. The van der Waals surface area contributed by atoms with Crippen molar-refractivity contribution in [1.82, 2.24) is 0 Å². The highest BCUT2D eigenvalue weighted by molar-refractivity contribution is 5.83. The number of rotatable bonds is 5. The lowest BCUT2D eigenvalue weighted by molar-refractivity contribution is -0.347. The number of aromatic amines is 1. The van der Waals surface area contributed by atoms with Gasteiger partial charge in [-0.05, 0) is 24.1 Å². The highest BCUT2D eigenvalue weighted by Gasteiger charge is 2.23. The predicted molar refractivity (Wildman–Crippen MR) is 105 cm³/mol. The van der Waals surface area contributed by atoms with E-state index < -0.39 is 0 Å². The van der Waals surface area contributed by atoms with Gasteiger partial charge in [0.25, 0.3) is 5.82 Å². The Balaban J connectivity index is 2.35. The Kier molecular flexibility index (Phi) is 5.28. The number of benzene rings is 2. The van der Waals surface area contributed by atoms with Crippen LogP contribution in [-0.2, 0) is 6.42 Å². The molecule has 3 rings (SSSR count). The lowest BCUT2D eigenvalue weighted by Gasteiger charge is -2.16.